The molecule has 2 aliphatic rings. The number of carbonyl (C=O) groups is 1. The van der Waals surface area contributed by atoms with Crippen LogP contribution in [0.25, 0.3) is 10.4 Å². The topological polar surface area (TPSA) is 93.1 Å². The highest BCUT2D eigenvalue weighted by atomic mass is 16.2. The number of anilines is 2. The lowest BCUT2D eigenvalue weighted by Crippen LogP contribution is -2.44. The van der Waals surface area contributed by atoms with E-state index >= 15 is 0 Å². The molecule has 0 radical (unpaired) electrons. The van der Waals surface area contributed by atoms with Gasteiger partial charge in [-0.15, -0.1) is 0 Å². The number of amides is 1. The minimum absolute atomic E-state index is 0.00631. The third-order valence-corrected chi connectivity index (χ3v) is 6.43. The van der Waals surface area contributed by atoms with Crippen LogP contribution in [-0.4, -0.2) is 31.7 Å². The van der Waals surface area contributed by atoms with Crippen LogP contribution in [0.2, 0.25) is 0 Å². The van der Waals surface area contributed by atoms with Crippen LogP contribution in [0.5, 0.6) is 0 Å². The first kappa shape index (κ1) is 24.0. The van der Waals surface area contributed by atoms with E-state index in [9.17, 15) is 4.79 Å². The number of nitrogens with one attached hydrogen (secondary N) is 2. The summed E-state index contributed by atoms with van der Waals surface area (Å²) < 4.78 is 0. The van der Waals surface area contributed by atoms with E-state index < -0.39 is 0 Å². The van der Waals surface area contributed by atoms with Gasteiger partial charge < -0.3 is 15.5 Å². The highest BCUT2D eigenvalue weighted by Crippen LogP contribution is 2.34. The minimum Gasteiger partial charge on any atom is -0.363 e. The molecule has 1 aliphatic carbocycles. The van der Waals surface area contributed by atoms with Crippen molar-refractivity contribution in [3.63, 3.8) is 0 Å². The van der Waals surface area contributed by atoms with Gasteiger partial charge in [-0.25, -0.2) is 0 Å². The van der Waals surface area contributed by atoms with Crippen molar-refractivity contribution in [2.75, 3.05) is 29.9 Å². The highest BCUT2D eigenvalue weighted by Gasteiger charge is 2.29. The van der Waals surface area contributed by atoms with Crippen molar-refractivity contribution in [3.05, 3.63) is 46.4 Å². The second-order valence-electron chi connectivity index (χ2n) is 8.90. The van der Waals surface area contributed by atoms with Crippen molar-refractivity contribution in [3.8, 4) is 0 Å². The maximum Gasteiger partial charge on any atom is 0.239 e. The molecule has 1 amide bonds. The van der Waals surface area contributed by atoms with Gasteiger partial charge in [0.25, 0.3) is 0 Å². The fraction of sp³-hybridized carbons (Fsp3) is 0.640. The van der Waals surface area contributed by atoms with Gasteiger partial charge in [0.15, 0.2) is 0 Å². The van der Waals surface area contributed by atoms with E-state index in [1.54, 1.807) is 5.57 Å². The van der Waals surface area contributed by atoms with Crippen LogP contribution in [0, 0.1) is 0 Å². The molecule has 0 bridgehead atoms. The monoisotopic (exact) mass is 438 g/mol. The van der Waals surface area contributed by atoms with Crippen LogP contribution in [0.4, 0.5) is 11.4 Å². The normalized spacial score (nSPS) is 16.8. The average Bonchev–Trinajstić information content (AvgIpc) is 3.44. The second-order valence-corrected chi connectivity index (χ2v) is 8.90. The molecule has 1 unspecified atom stereocenters. The Balaban J connectivity index is 1.22. The molecule has 7 heteroatoms. The van der Waals surface area contributed by atoms with Gasteiger partial charge in [0.2, 0.25) is 5.91 Å². The van der Waals surface area contributed by atoms with E-state index in [0.29, 0.717) is 0 Å². The molecule has 0 aromatic heterocycles. The van der Waals surface area contributed by atoms with Crippen LogP contribution >= 0.6 is 0 Å². The van der Waals surface area contributed by atoms with E-state index in [1.165, 1.54) is 70.6 Å². The Morgan fingerprint density at radius 1 is 1.12 bits per heavy atom. The lowest BCUT2D eigenvalue weighted by atomic mass is 10.0. The average molecular weight is 439 g/mol. The fourth-order valence-electron chi connectivity index (χ4n) is 4.67. The third kappa shape index (κ3) is 7.79. The van der Waals surface area contributed by atoms with Gasteiger partial charge in [0.05, 0.1) is 24.5 Å². The first-order chi connectivity index (χ1) is 15.8. The summed E-state index contributed by atoms with van der Waals surface area (Å²) in [7, 11) is 0. The number of carbonyl (C=O) groups excluding carboxylic acids is 1. The molecule has 32 heavy (non-hydrogen) atoms. The zero-order valence-electron chi connectivity index (χ0n) is 19.3. The molecule has 2 N–H and O–H groups in total. The molecule has 3 rings (SSSR count). The highest BCUT2D eigenvalue weighted by molar-refractivity contribution is 5.86. The summed E-state index contributed by atoms with van der Waals surface area (Å²) in [6.45, 7) is 1.25. The van der Waals surface area contributed by atoms with Gasteiger partial charge >= 0.3 is 0 Å². The van der Waals surface area contributed by atoms with Crippen LogP contribution in [0.15, 0.2) is 41.0 Å². The first-order valence-electron chi connectivity index (χ1n) is 12.4. The van der Waals surface area contributed by atoms with Gasteiger partial charge in [0, 0.05) is 11.5 Å². The van der Waals surface area contributed by atoms with E-state index in [2.05, 4.69) is 26.7 Å². The predicted octanol–water partition coefficient (Wildman–Crippen LogP) is 6.29. The van der Waals surface area contributed by atoms with E-state index in [0.717, 1.165) is 24.3 Å². The summed E-state index contributed by atoms with van der Waals surface area (Å²) in [6.07, 6.45) is 17.7. The van der Waals surface area contributed by atoms with Crippen LogP contribution in [0.1, 0.15) is 77.0 Å². The maximum atomic E-state index is 12.5. The largest absolute Gasteiger partial charge is 0.363 e. The molecule has 0 fully saturated rings. The molecule has 1 atom stereocenters. The molecule has 1 heterocycles. The Bertz CT molecular complexity index is 801. The number of fused-ring (bicyclic) bond motifs is 1. The number of azide groups is 1. The zero-order valence-corrected chi connectivity index (χ0v) is 19.3. The molecule has 0 saturated heterocycles. The zero-order chi connectivity index (χ0) is 22.4. The summed E-state index contributed by atoms with van der Waals surface area (Å²) in [5.74, 6) is 0.00631. The van der Waals surface area contributed by atoms with E-state index in [-0.39, 0.29) is 25.2 Å². The molecular weight excluding hydrogens is 400 g/mol. The van der Waals surface area contributed by atoms with Crippen molar-refractivity contribution in [1.82, 2.24) is 5.32 Å². The summed E-state index contributed by atoms with van der Waals surface area (Å²) in [5.41, 5.74) is 12.3. The smallest absolute Gasteiger partial charge is 0.239 e. The van der Waals surface area contributed by atoms with Gasteiger partial charge in [-0.3, -0.25) is 4.79 Å². The Morgan fingerprint density at radius 2 is 1.88 bits per heavy atom. The fourth-order valence-corrected chi connectivity index (χ4v) is 4.67. The van der Waals surface area contributed by atoms with E-state index in [4.69, 9.17) is 5.53 Å². The number of rotatable bonds is 15. The summed E-state index contributed by atoms with van der Waals surface area (Å²) in [4.78, 5) is 17.3. The Labute approximate surface area is 192 Å². The van der Waals surface area contributed by atoms with Crippen LogP contribution < -0.4 is 15.5 Å². The number of benzene rings is 1. The Hall–Kier alpha value is -2.66. The van der Waals surface area contributed by atoms with Crippen molar-refractivity contribution in [2.24, 2.45) is 5.11 Å². The number of allylic oxidation sites excluding steroid dienone is 2. The van der Waals surface area contributed by atoms with Crippen molar-refractivity contribution in [1.29, 1.82) is 0 Å². The molecule has 1 aromatic carbocycles. The van der Waals surface area contributed by atoms with Crippen LogP contribution in [-0.2, 0) is 4.79 Å². The summed E-state index contributed by atoms with van der Waals surface area (Å²) in [6, 6.07) is 7.87. The number of hydrogen-bond donors (Lipinski definition) is 2. The molecular formula is C25H38N6O. The molecule has 0 saturated carbocycles. The van der Waals surface area contributed by atoms with Gasteiger partial charge in [-0.05, 0) is 56.2 Å². The van der Waals surface area contributed by atoms with Crippen LogP contribution in [0.3, 0.4) is 0 Å². The Kier molecular flexibility index (Phi) is 10.3. The summed E-state index contributed by atoms with van der Waals surface area (Å²) in [5, 5.41) is 10.1. The molecule has 1 aliphatic heterocycles. The van der Waals surface area contributed by atoms with E-state index in [1.807, 2.05) is 29.2 Å². The van der Waals surface area contributed by atoms with Gasteiger partial charge in [-0.2, -0.15) is 0 Å². The quantitative estimate of drug-likeness (QED) is 0.111. The number of unbranched alkanes of at least 4 members (excludes halogenated alkanes) is 7. The first-order valence-corrected chi connectivity index (χ1v) is 12.4. The van der Waals surface area contributed by atoms with Crippen molar-refractivity contribution < 1.29 is 4.79 Å². The lowest BCUT2D eigenvalue weighted by Gasteiger charge is -2.25. The lowest BCUT2D eigenvalue weighted by molar-refractivity contribution is -0.119. The number of nitrogens with zero attached hydrogens (tertiary/aromatic N) is 4. The predicted molar refractivity (Wildman–Crippen MR) is 132 cm³/mol. The number of hydrogen-bond acceptors (Lipinski definition) is 4. The van der Waals surface area contributed by atoms with Gasteiger partial charge in [-0.1, -0.05) is 67.4 Å². The maximum absolute atomic E-state index is 12.5. The van der Waals surface area contributed by atoms with Gasteiger partial charge in [0.1, 0.15) is 6.17 Å². The minimum atomic E-state index is -0.191. The standard InChI is InChI=1S/C25H38N6O/c26-30-28-19-24-29-22-16-10-11-17-23(22)31(24)20-25(32)27-18-12-6-4-2-1-3-5-7-13-21-14-8-9-15-21/h10-11,14,16-17,24,29H,1-9,12-13,15,18-20H2,(H,27,32). The summed E-state index contributed by atoms with van der Waals surface area (Å²) >= 11 is 0. The molecule has 1 aromatic rings. The Morgan fingerprint density at radius 3 is 2.62 bits per heavy atom. The van der Waals surface area contributed by atoms with Crippen molar-refractivity contribution >= 4 is 17.3 Å². The van der Waals surface area contributed by atoms with Crippen molar-refractivity contribution in [2.45, 2.75) is 83.2 Å². The molecule has 0 spiro atoms. The second kappa shape index (κ2) is 13.7. The third-order valence-electron chi connectivity index (χ3n) is 6.43. The molecule has 7 nitrogen and oxygen atoms in total. The molecule has 174 valence electrons. The SMILES string of the molecule is [N-]=[N+]=NCC1Nc2ccccc2N1CC(=O)NCCCCCCCCCCC1=CCCC1. The number of para-hydroxylation sites is 2.